The summed E-state index contributed by atoms with van der Waals surface area (Å²) >= 11 is 0. The third kappa shape index (κ3) is 5.57. The van der Waals surface area contributed by atoms with E-state index in [0.717, 1.165) is 54.8 Å². The quantitative estimate of drug-likeness (QED) is 0.501. The maximum Gasteiger partial charge on any atom is 0.251 e. The Labute approximate surface area is 171 Å². The number of nitrogens with zero attached hydrogens (tertiary/aromatic N) is 2. The lowest BCUT2D eigenvalue weighted by Gasteiger charge is -2.09. The van der Waals surface area contributed by atoms with E-state index < -0.39 is 0 Å². The van der Waals surface area contributed by atoms with Gasteiger partial charge in [-0.05, 0) is 49.2 Å². The molecule has 29 heavy (non-hydrogen) atoms. The molecular weight excluding hydrogens is 366 g/mol. The van der Waals surface area contributed by atoms with Gasteiger partial charge in [0.2, 0.25) is 0 Å². The van der Waals surface area contributed by atoms with Crippen molar-refractivity contribution in [1.29, 1.82) is 0 Å². The zero-order valence-corrected chi connectivity index (χ0v) is 17.2. The Morgan fingerprint density at radius 2 is 1.83 bits per heavy atom. The molecule has 3 rings (SSSR count). The summed E-state index contributed by atoms with van der Waals surface area (Å²) in [4.78, 5) is 17.0. The second kappa shape index (κ2) is 10.6. The first kappa shape index (κ1) is 20.9. The maximum atomic E-state index is 12.2. The molecule has 3 aromatic rings. The molecule has 0 fully saturated rings. The van der Waals surface area contributed by atoms with E-state index in [9.17, 15) is 4.79 Å². The number of aryl methyl sites for hydroxylation is 1. The van der Waals surface area contributed by atoms with Crippen LogP contribution in [0, 0.1) is 0 Å². The van der Waals surface area contributed by atoms with E-state index in [-0.39, 0.29) is 5.91 Å². The maximum absolute atomic E-state index is 12.2. The van der Waals surface area contributed by atoms with Crippen LogP contribution in [0.1, 0.15) is 35.4 Å². The molecule has 1 aromatic heterocycles. The first-order chi connectivity index (χ1) is 14.2. The summed E-state index contributed by atoms with van der Waals surface area (Å²) in [6, 6.07) is 15.4. The van der Waals surface area contributed by atoms with Crippen LogP contribution in [0.4, 0.5) is 0 Å². The molecule has 0 saturated heterocycles. The topological polar surface area (TPSA) is 65.4 Å². The van der Waals surface area contributed by atoms with Crippen molar-refractivity contribution < 1.29 is 14.3 Å². The number of unbranched alkanes of at least 4 members (excludes halogenated alkanes) is 2. The standard InChI is InChI=1S/C23H29N3O3/c1-28-17-16-26-21-9-6-5-8-20(21)25-22(26)10-4-3-7-15-24-23(27)18-11-13-19(29-2)14-12-18/h5-6,8-9,11-14H,3-4,7,10,15-17H2,1-2H3,(H,24,27). The second-order valence-electron chi connectivity index (χ2n) is 6.96. The summed E-state index contributed by atoms with van der Waals surface area (Å²) < 4.78 is 12.6. The minimum absolute atomic E-state index is 0.0472. The molecule has 0 aliphatic heterocycles. The van der Waals surface area contributed by atoms with Crippen molar-refractivity contribution in [2.24, 2.45) is 0 Å². The second-order valence-corrected chi connectivity index (χ2v) is 6.96. The normalized spacial score (nSPS) is 11.0. The third-order valence-corrected chi connectivity index (χ3v) is 4.97. The van der Waals surface area contributed by atoms with Crippen LogP contribution < -0.4 is 10.1 Å². The van der Waals surface area contributed by atoms with Crippen LogP contribution in [0.15, 0.2) is 48.5 Å². The van der Waals surface area contributed by atoms with Gasteiger partial charge in [0, 0.05) is 32.2 Å². The monoisotopic (exact) mass is 395 g/mol. The number of imidazole rings is 1. The van der Waals surface area contributed by atoms with Gasteiger partial charge in [0.05, 0.1) is 24.8 Å². The predicted molar refractivity (Wildman–Crippen MR) is 114 cm³/mol. The van der Waals surface area contributed by atoms with Gasteiger partial charge in [0.25, 0.3) is 5.91 Å². The van der Waals surface area contributed by atoms with E-state index in [1.807, 2.05) is 12.1 Å². The molecule has 1 N–H and O–H groups in total. The van der Waals surface area contributed by atoms with Gasteiger partial charge in [-0.25, -0.2) is 4.98 Å². The number of amides is 1. The molecule has 1 heterocycles. The van der Waals surface area contributed by atoms with Crippen molar-refractivity contribution in [3.05, 3.63) is 59.9 Å². The van der Waals surface area contributed by atoms with Gasteiger partial charge in [0.15, 0.2) is 0 Å². The number of hydrogen-bond donors (Lipinski definition) is 1. The van der Waals surface area contributed by atoms with E-state index in [0.29, 0.717) is 18.7 Å². The number of para-hydroxylation sites is 2. The van der Waals surface area contributed by atoms with Gasteiger partial charge in [0.1, 0.15) is 11.6 Å². The number of carbonyl (C=O) groups excluding carboxylic acids is 1. The number of aromatic nitrogens is 2. The molecule has 0 atom stereocenters. The number of carbonyl (C=O) groups is 1. The zero-order chi connectivity index (χ0) is 20.5. The predicted octanol–water partition coefficient (Wildman–Crippen LogP) is 3.83. The van der Waals surface area contributed by atoms with Crippen LogP contribution in [-0.4, -0.2) is 42.8 Å². The first-order valence-electron chi connectivity index (χ1n) is 10.1. The van der Waals surface area contributed by atoms with Gasteiger partial charge in [-0.3, -0.25) is 4.79 Å². The van der Waals surface area contributed by atoms with Crippen LogP contribution in [0.2, 0.25) is 0 Å². The van der Waals surface area contributed by atoms with Crippen molar-refractivity contribution in [3.63, 3.8) is 0 Å². The fraction of sp³-hybridized carbons (Fsp3) is 0.391. The summed E-state index contributed by atoms with van der Waals surface area (Å²) in [5, 5.41) is 2.98. The number of hydrogen-bond acceptors (Lipinski definition) is 4. The van der Waals surface area contributed by atoms with Crippen molar-refractivity contribution in [3.8, 4) is 5.75 Å². The highest BCUT2D eigenvalue weighted by molar-refractivity contribution is 5.94. The van der Waals surface area contributed by atoms with Crippen molar-refractivity contribution in [2.45, 2.75) is 32.2 Å². The summed E-state index contributed by atoms with van der Waals surface area (Å²) in [5.41, 5.74) is 2.84. The van der Waals surface area contributed by atoms with E-state index in [4.69, 9.17) is 14.5 Å². The van der Waals surface area contributed by atoms with Crippen LogP contribution >= 0.6 is 0 Å². The molecular formula is C23H29N3O3. The summed E-state index contributed by atoms with van der Waals surface area (Å²) in [6.07, 6.45) is 3.94. The molecule has 6 nitrogen and oxygen atoms in total. The summed E-state index contributed by atoms with van der Waals surface area (Å²) in [7, 11) is 3.33. The Balaban J connectivity index is 1.44. The molecule has 0 aliphatic carbocycles. The average molecular weight is 396 g/mol. The van der Waals surface area contributed by atoms with E-state index in [2.05, 4.69) is 22.0 Å². The molecule has 0 saturated carbocycles. The number of ether oxygens (including phenoxy) is 2. The third-order valence-electron chi connectivity index (χ3n) is 4.97. The van der Waals surface area contributed by atoms with Crippen molar-refractivity contribution in [1.82, 2.24) is 14.9 Å². The number of nitrogens with one attached hydrogen (secondary N) is 1. The van der Waals surface area contributed by atoms with Gasteiger partial charge >= 0.3 is 0 Å². The van der Waals surface area contributed by atoms with Crippen molar-refractivity contribution in [2.75, 3.05) is 27.4 Å². The van der Waals surface area contributed by atoms with Crippen LogP contribution in [0.5, 0.6) is 5.75 Å². The number of methoxy groups -OCH3 is 2. The van der Waals surface area contributed by atoms with Gasteiger partial charge < -0.3 is 19.4 Å². The largest absolute Gasteiger partial charge is 0.497 e. The minimum atomic E-state index is -0.0472. The highest BCUT2D eigenvalue weighted by Gasteiger charge is 2.10. The Bertz CT molecular complexity index is 919. The summed E-state index contributed by atoms with van der Waals surface area (Å²) in [6.45, 7) is 2.15. The SMILES string of the molecule is COCCn1c(CCCCCNC(=O)c2ccc(OC)cc2)nc2ccccc21. The van der Waals surface area contributed by atoms with E-state index in [1.54, 1.807) is 38.5 Å². The molecule has 1 amide bonds. The smallest absolute Gasteiger partial charge is 0.251 e. The van der Waals surface area contributed by atoms with Crippen LogP contribution in [0.25, 0.3) is 11.0 Å². The number of rotatable bonds is 11. The molecule has 0 radical (unpaired) electrons. The molecule has 2 aromatic carbocycles. The van der Waals surface area contributed by atoms with Gasteiger partial charge in [-0.1, -0.05) is 18.6 Å². The molecule has 154 valence electrons. The molecule has 6 heteroatoms. The first-order valence-corrected chi connectivity index (χ1v) is 10.1. The van der Waals surface area contributed by atoms with Crippen molar-refractivity contribution >= 4 is 16.9 Å². The highest BCUT2D eigenvalue weighted by Crippen LogP contribution is 2.18. The molecule has 0 aliphatic rings. The number of fused-ring (bicyclic) bond motifs is 1. The molecule has 0 unspecified atom stereocenters. The lowest BCUT2D eigenvalue weighted by atomic mass is 10.1. The minimum Gasteiger partial charge on any atom is -0.497 e. The molecule has 0 bridgehead atoms. The van der Waals surface area contributed by atoms with Gasteiger partial charge in [-0.2, -0.15) is 0 Å². The highest BCUT2D eigenvalue weighted by atomic mass is 16.5. The lowest BCUT2D eigenvalue weighted by Crippen LogP contribution is -2.24. The lowest BCUT2D eigenvalue weighted by molar-refractivity contribution is 0.0953. The summed E-state index contributed by atoms with van der Waals surface area (Å²) in [5.74, 6) is 1.80. The van der Waals surface area contributed by atoms with E-state index >= 15 is 0 Å². The fourth-order valence-electron chi connectivity index (χ4n) is 3.38. The fourth-order valence-corrected chi connectivity index (χ4v) is 3.38. The van der Waals surface area contributed by atoms with E-state index in [1.165, 1.54) is 0 Å². The Hall–Kier alpha value is -2.86. The molecule has 0 spiro atoms. The van der Waals surface area contributed by atoms with Crippen LogP contribution in [-0.2, 0) is 17.7 Å². The average Bonchev–Trinajstić information content (AvgIpc) is 3.11. The Morgan fingerprint density at radius 1 is 1.03 bits per heavy atom. The van der Waals surface area contributed by atoms with Gasteiger partial charge in [-0.15, -0.1) is 0 Å². The van der Waals surface area contributed by atoms with Crippen LogP contribution in [0.3, 0.4) is 0 Å². The zero-order valence-electron chi connectivity index (χ0n) is 17.2. The number of benzene rings is 2. The Morgan fingerprint density at radius 3 is 2.59 bits per heavy atom. The Kier molecular flexibility index (Phi) is 7.64.